The van der Waals surface area contributed by atoms with Crippen molar-refractivity contribution in [3.05, 3.63) is 35.1 Å². The second-order valence-corrected chi connectivity index (χ2v) is 5.74. The van der Waals surface area contributed by atoms with Crippen LogP contribution in [-0.4, -0.2) is 5.25 Å². The summed E-state index contributed by atoms with van der Waals surface area (Å²) in [5.74, 6) is 1.37. The van der Waals surface area contributed by atoms with Gasteiger partial charge in [-0.1, -0.05) is 26.8 Å². The summed E-state index contributed by atoms with van der Waals surface area (Å²) in [6.07, 6.45) is 0. The van der Waals surface area contributed by atoms with Crippen molar-refractivity contribution >= 4 is 11.8 Å². The van der Waals surface area contributed by atoms with E-state index in [9.17, 15) is 4.39 Å². The molecule has 0 spiro atoms. The van der Waals surface area contributed by atoms with Gasteiger partial charge < -0.3 is 5.73 Å². The van der Waals surface area contributed by atoms with Crippen molar-refractivity contribution in [3.63, 3.8) is 0 Å². The highest BCUT2D eigenvalue weighted by molar-refractivity contribution is 7.99. The van der Waals surface area contributed by atoms with Crippen LogP contribution in [0.5, 0.6) is 0 Å². The second-order valence-electron chi connectivity index (χ2n) is 4.38. The number of benzene rings is 1. The van der Waals surface area contributed by atoms with Gasteiger partial charge in [-0.15, -0.1) is 0 Å². The number of hydrogen-bond acceptors (Lipinski definition) is 2. The summed E-state index contributed by atoms with van der Waals surface area (Å²) in [5, 5.41) is 0.607. The summed E-state index contributed by atoms with van der Waals surface area (Å²) < 4.78 is 13.0. The lowest BCUT2D eigenvalue weighted by Gasteiger charge is -2.16. The minimum atomic E-state index is -0.203. The Bertz CT molecular complexity index is 339. The minimum Gasteiger partial charge on any atom is -0.326 e. The van der Waals surface area contributed by atoms with E-state index in [1.54, 1.807) is 0 Å². The van der Waals surface area contributed by atoms with Gasteiger partial charge in [-0.2, -0.15) is 11.8 Å². The molecule has 1 atom stereocenters. The molecule has 0 amide bonds. The Morgan fingerprint density at radius 3 is 2.50 bits per heavy atom. The van der Waals surface area contributed by atoms with Gasteiger partial charge in [-0.05, 0) is 29.2 Å². The van der Waals surface area contributed by atoms with E-state index in [1.807, 2.05) is 17.8 Å². The first-order valence-corrected chi connectivity index (χ1v) is 6.68. The molecule has 1 aromatic rings. The Morgan fingerprint density at radius 2 is 1.94 bits per heavy atom. The maximum Gasteiger partial charge on any atom is 0.123 e. The monoisotopic (exact) mass is 241 g/mol. The third kappa shape index (κ3) is 3.80. The molecule has 0 aliphatic rings. The minimum absolute atomic E-state index is 0.203. The molecular formula is C13H20FNS. The third-order valence-corrected chi connectivity index (χ3v) is 4.38. The molecule has 0 radical (unpaired) electrons. The summed E-state index contributed by atoms with van der Waals surface area (Å²) >= 11 is 1.89. The number of thioether (sulfide) groups is 1. The van der Waals surface area contributed by atoms with Crippen LogP contribution in [0.15, 0.2) is 18.2 Å². The Hall–Kier alpha value is -0.540. The molecule has 0 aliphatic heterocycles. The summed E-state index contributed by atoms with van der Waals surface area (Å²) in [7, 11) is 0. The number of rotatable bonds is 5. The topological polar surface area (TPSA) is 26.0 Å². The molecule has 1 rings (SSSR count). The zero-order valence-electron chi connectivity index (χ0n) is 10.2. The van der Waals surface area contributed by atoms with Gasteiger partial charge in [0.15, 0.2) is 0 Å². The van der Waals surface area contributed by atoms with E-state index >= 15 is 0 Å². The van der Waals surface area contributed by atoms with Gasteiger partial charge in [-0.25, -0.2) is 4.39 Å². The Labute approximate surface area is 102 Å². The summed E-state index contributed by atoms with van der Waals surface area (Å²) in [6.45, 7) is 7.06. The van der Waals surface area contributed by atoms with E-state index in [-0.39, 0.29) is 5.82 Å². The fourth-order valence-corrected chi connectivity index (χ4v) is 2.45. The molecule has 3 heteroatoms. The number of halogens is 1. The van der Waals surface area contributed by atoms with Gasteiger partial charge >= 0.3 is 0 Å². The van der Waals surface area contributed by atoms with Gasteiger partial charge in [0.05, 0.1) is 0 Å². The molecule has 0 aromatic heterocycles. The van der Waals surface area contributed by atoms with Gasteiger partial charge in [0.1, 0.15) is 5.82 Å². The molecular weight excluding hydrogens is 221 g/mol. The van der Waals surface area contributed by atoms with Crippen molar-refractivity contribution in [1.29, 1.82) is 0 Å². The molecule has 90 valence electrons. The molecule has 0 aliphatic carbocycles. The second kappa shape index (κ2) is 6.26. The van der Waals surface area contributed by atoms with Crippen LogP contribution in [0.2, 0.25) is 0 Å². The van der Waals surface area contributed by atoms with Crippen LogP contribution in [0.3, 0.4) is 0 Å². The Balaban J connectivity index is 2.66. The normalized spacial score (nSPS) is 13.1. The molecule has 2 N–H and O–H groups in total. The van der Waals surface area contributed by atoms with Gasteiger partial charge in [0, 0.05) is 17.5 Å². The van der Waals surface area contributed by atoms with Crippen LogP contribution >= 0.6 is 11.8 Å². The van der Waals surface area contributed by atoms with E-state index in [0.717, 1.165) is 16.9 Å². The molecule has 1 unspecified atom stereocenters. The van der Waals surface area contributed by atoms with Crippen LogP contribution in [0, 0.1) is 11.7 Å². The average Bonchev–Trinajstić information content (AvgIpc) is 2.26. The predicted molar refractivity (Wildman–Crippen MR) is 69.9 cm³/mol. The lowest BCUT2D eigenvalue weighted by molar-refractivity contribution is 0.624. The maximum atomic E-state index is 13.0. The Kier molecular flexibility index (Phi) is 5.29. The number of hydrogen-bond donors (Lipinski definition) is 1. The quantitative estimate of drug-likeness (QED) is 0.853. The molecule has 0 bridgehead atoms. The first kappa shape index (κ1) is 13.5. The van der Waals surface area contributed by atoms with E-state index in [0.29, 0.717) is 17.7 Å². The lowest BCUT2D eigenvalue weighted by atomic mass is 10.1. The fraction of sp³-hybridized carbons (Fsp3) is 0.538. The molecule has 0 fully saturated rings. The van der Waals surface area contributed by atoms with Crippen molar-refractivity contribution in [3.8, 4) is 0 Å². The summed E-state index contributed by atoms with van der Waals surface area (Å²) in [5.41, 5.74) is 7.68. The van der Waals surface area contributed by atoms with Crippen LogP contribution < -0.4 is 5.73 Å². The van der Waals surface area contributed by atoms with Crippen LogP contribution in [0.25, 0.3) is 0 Å². The average molecular weight is 241 g/mol. The third-order valence-electron chi connectivity index (χ3n) is 2.83. The van der Waals surface area contributed by atoms with E-state index in [1.165, 1.54) is 12.1 Å². The zero-order valence-corrected chi connectivity index (χ0v) is 11.0. The van der Waals surface area contributed by atoms with Crippen molar-refractivity contribution in [2.45, 2.75) is 38.3 Å². The fourth-order valence-electron chi connectivity index (χ4n) is 1.34. The molecule has 0 saturated heterocycles. The molecule has 16 heavy (non-hydrogen) atoms. The largest absolute Gasteiger partial charge is 0.326 e. The van der Waals surface area contributed by atoms with Crippen molar-refractivity contribution < 1.29 is 4.39 Å². The molecule has 1 aromatic carbocycles. The lowest BCUT2D eigenvalue weighted by Crippen LogP contribution is -2.07. The summed E-state index contributed by atoms with van der Waals surface area (Å²) in [4.78, 5) is 0. The van der Waals surface area contributed by atoms with Gasteiger partial charge in [-0.3, -0.25) is 0 Å². The predicted octanol–water partition coefficient (Wildman–Crippen LogP) is 3.56. The van der Waals surface area contributed by atoms with Crippen LogP contribution in [0.1, 0.15) is 31.9 Å². The van der Waals surface area contributed by atoms with Crippen LogP contribution in [0.4, 0.5) is 4.39 Å². The van der Waals surface area contributed by atoms with Crippen molar-refractivity contribution in [1.82, 2.24) is 0 Å². The van der Waals surface area contributed by atoms with Gasteiger partial charge in [0.2, 0.25) is 0 Å². The smallest absolute Gasteiger partial charge is 0.123 e. The van der Waals surface area contributed by atoms with E-state index in [2.05, 4.69) is 20.8 Å². The molecule has 0 saturated carbocycles. The molecule has 1 nitrogen and oxygen atoms in total. The van der Waals surface area contributed by atoms with Crippen LogP contribution in [-0.2, 0) is 12.3 Å². The first-order chi connectivity index (χ1) is 7.54. The van der Waals surface area contributed by atoms with E-state index < -0.39 is 0 Å². The maximum absolute atomic E-state index is 13.0. The Morgan fingerprint density at radius 1 is 1.25 bits per heavy atom. The highest BCUT2D eigenvalue weighted by atomic mass is 32.2. The van der Waals surface area contributed by atoms with Crippen molar-refractivity contribution in [2.75, 3.05) is 0 Å². The SMILES string of the molecule is CC(C)C(C)SCc1ccc(F)cc1CN. The van der Waals surface area contributed by atoms with Crippen molar-refractivity contribution in [2.24, 2.45) is 11.7 Å². The first-order valence-electron chi connectivity index (χ1n) is 5.63. The summed E-state index contributed by atoms with van der Waals surface area (Å²) in [6, 6.07) is 4.89. The zero-order chi connectivity index (χ0) is 12.1. The van der Waals surface area contributed by atoms with E-state index in [4.69, 9.17) is 5.73 Å². The number of nitrogens with two attached hydrogens (primary N) is 1. The molecule has 0 heterocycles. The standard InChI is InChI=1S/C13H20FNS/c1-9(2)10(3)16-8-11-4-5-13(14)6-12(11)7-15/h4-6,9-10H,7-8,15H2,1-3H3. The highest BCUT2D eigenvalue weighted by Crippen LogP contribution is 2.25. The highest BCUT2D eigenvalue weighted by Gasteiger charge is 2.09. The van der Waals surface area contributed by atoms with Gasteiger partial charge in [0.25, 0.3) is 0 Å².